The summed E-state index contributed by atoms with van der Waals surface area (Å²) in [5.74, 6) is 0. The summed E-state index contributed by atoms with van der Waals surface area (Å²) in [6.45, 7) is 7.95. The van der Waals surface area contributed by atoms with Crippen molar-refractivity contribution in [1.82, 2.24) is 4.31 Å². The van der Waals surface area contributed by atoms with Gasteiger partial charge in [-0.3, -0.25) is 0 Å². The van der Waals surface area contributed by atoms with Crippen molar-refractivity contribution in [1.29, 1.82) is 0 Å². The van der Waals surface area contributed by atoms with Crippen molar-refractivity contribution in [2.75, 3.05) is 26.0 Å². The normalized spacial score (nSPS) is 12.3. The lowest BCUT2D eigenvalue weighted by atomic mass is 10.1. The molecule has 0 unspecified atom stereocenters. The number of hydrogen-bond donors (Lipinski definition) is 1. The van der Waals surface area contributed by atoms with E-state index in [9.17, 15) is 8.42 Å². The molecule has 1 aromatic rings. The first-order valence-electron chi connectivity index (χ1n) is 6.59. The van der Waals surface area contributed by atoms with Crippen LogP contribution in [0.5, 0.6) is 0 Å². The first kappa shape index (κ1) is 16.9. The Morgan fingerprint density at radius 3 is 2.15 bits per heavy atom. The lowest BCUT2D eigenvalue weighted by Crippen LogP contribution is -2.39. The van der Waals surface area contributed by atoms with Gasteiger partial charge in [-0.1, -0.05) is 0 Å². The van der Waals surface area contributed by atoms with Gasteiger partial charge in [0, 0.05) is 25.4 Å². The molecule has 0 amide bonds. The van der Waals surface area contributed by atoms with Crippen molar-refractivity contribution >= 4 is 15.7 Å². The second-order valence-electron chi connectivity index (χ2n) is 5.19. The van der Waals surface area contributed by atoms with Crippen LogP contribution in [0.25, 0.3) is 0 Å². The van der Waals surface area contributed by atoms with E-state index in [1.165, 1.54) is 4.31 Å². The SMILES string of the molecule is COCCN(C(C)C)S(=O)(=O)c1c(C)cc(N)cc1C. The summed E-state index contributed by atoms with van der Waals surface area (Å²) in [7, 11) is -1.99. The van der Waals surface area contributed by atoms with E-state index in [1.54, 1.807) is 33.1 Å². The number of rotatable bonds is 6. The quantitative estimate of drug-likeness (QED) is 0.815. The largest absolute Gasteiger partial charge is 0.399 e. The van der Waals surface area contributed by atoms with E-state index in [2.05, 4.69) is 0 Å². The fourth-order valence-corrected chi connectivity index (χ4v) is 4.38. The van der Waals surface area contributed by atoms with Crippen LogP contribution in [0.1, 0.15) is 25.0 Å². The Morgan fingerprint density at radius 2 is 1.75 bits per heavy atom. The van der Waals surface area contributed by atoms with E-state index in [1.807, 2.05) is 13.8 Å². The summed E-state index contributed by atoms with van der Waals surface area (Å²) in [4.78, 5) is 0.344. The smallest absolute Gasteiger partial charge is 0.243 e. The zero-order chi connectivity index (χ0) is 15.5. The number of benzene rings is 1. The Bertz CT molecular complexity index is 545. The number of nitrogens with two attached hydrogens (primary N) is 1. The van der Waals surface area contributed by atoms with Crippen LogP contribution in [0.3, 0.4) is 0 Å². The van der Waals surface area contributed by atoms with Crippen molar-refractivity contribution in [3.63, 3.8) is 0 Å². The standard InChI is InChI=1S/C14H24N2O3S/c1-10(2)16(6-7-19-5)20(17,18)14-11(3)8-13(15)9-12(14)4/h8-10H,6-7,15H2,1-5H3. The van der Waals surface area contributed by atoms with Gasteiger partial charge in [0.2, 0.25) is 10.0 Å². The van der Waals surface area contributed by atoms with Crippen molar-refractivity contribution in [2.24, 2.45) is 0 Å². The molecule has 0 spiro atoms. The van der Waals surface area contributed by atoms with Crippen LogP contribution in [0.15, 0.2) is 17.0 Å². The lowest BCUT2D eigenvalue weighted by Gasteiger charge is -2.27. The molecule has 1 aromatic carbocycles. The summed E-state index contributed by atoms with van der Waals surface area (Å²) < 4.78 is 32.2. The van der Waals surface area contributed by atoms with Gasteiger partial charge in [-0.05, 0) is 51.0 Å². The number of anilines is 1. The van der Waals surface area contributed by atoms with Crippen LogP contribution in [0, 0.1) is 13.8 Å². The van der Waals surface area contributed by atoms with Gasteiger partial charge in [-0.25, -0.2) is 8.42 Å². The molecule has 0 aliphatic carbocycles. The third-order valence-electron chi connectivity index (χ3n) is 3.14. The Balaban J connectivity index is 3.34. The number of methoxy groups -OCH3 is 1. The molecule has 0 bridgehead atoms. The first-order valence-corrected chi connectivity index (χ1v) is 8.03. The number of nitrogen functional groups attached to an aromatic ring is 1. The molecule has 0 radical (unpaired) electrons. The molecule has 0 heterocycles. The van der Waals surface area contributed by atoms with Gasteiger partial charge in [0.05, 0.1) is 11.5 Å². The van der Waals surface area contributed by atoms with Gasteiger partial charge in [0.15, 0.2) is 0 Å². The fraction of sp³-hybridized carbons (Fsp3) is 0.571. The topological polar surface area (TPSA) is 72.6 Å². The maximum Gasteiger partial charge on any atom is 0.243 e. The monoisotopic (exact) mass is 300 g/mol. The number of ether oxygens (including phenoxy) is 1. The molecule has 0 fully saturated rings. The van der Waals surface area contributed by atoms with E-state index in [-0.39, 0.29) is 6.04 Å². The second kappa shape index (κ2) is 6.56. The van der Waals surface area contributed by atoms with Crippen LogP contribution in [-0.4, -0.2) is 39.0 Å². The average molecular weight is 300 g/mol. The predicted molar refractivity (Wildman–Crippen MR) is 81.2 cm³/mol. The van der Waals surface area contributed by atoms with E-state index in [4.69, 9.17) is 10.5 Å². The minimum atomic E-state index is -3.55. The first-order chi connectivity index (χ1) is 9.21. The highest BCUT2D eigenvalue weighted by molar-refractivity contribution is 7.89. The Morgan fingerprint density at radius 1 is 1.25 bits per heavy atom. The maximum absolute atomic E-state index is 12.9. The minimum absolute atomic E-state index is 0.133. The molecule has 0 aromatic heterocycles. The summed E-state index contributed by atoms with van der Waals surface area (Å²) in [5.41, 5.74) is 7.68. The Kier molecular flexibility index (Phi) is 5.56. The average Bonchev–Trinajstić information content (AvgIpc) is 2.26. The third kappa shape index (κ3) is 3.50. The highest BCUT2D eigenvalue weighted by Gasteiger charge is 2.29. The van der Waals surface area contributed by atoms with Gasteiger partial charge in [0.1, 0.15) is 0 Å². The summed E-state index contributed by atoms with van der Waals surface area (Å²) in [6, 6.07) is 3.25. The number of nitrogens with zero attached hydrogens (tertiary/aromatic N) is 1. The fourth-order valence-electron chi connectivity index (χ4n) is 2.35. The molecular weight excluding hydrogens is 276 g/mol. The molecular formula is C14H24N2O3S. The Hall–Kier alpha value is -1.11. The zero-order valence-corrected chi connectivity index (χ0v) is 13.6. The highest BCUT2D eigenvalue weighted by atomic mass is 32.2. The van der Waals surface area contributed by atoms with Crippen LogP contribution >= 0.6 is 0 Å². The number of sulfonamides is 1. The van der Waals surface area contributed by atoms with E-state index < -0.39 is 10.0 Å². The molecule has 0 aliphatic rings. The Labute approximate surface area is 121 Å². The molecule has 1 rings (SSSR count). The second-order valence-corrected chi connectivity index (χ2v) is 7.01. The summed E-state index contributed by atoms with van der Waals surface area (Å²) in [6.07, 6.45) is 0. The lowest BCUT2D eigenvalue weighted by molar-refractivity contribution is 0.171. The van der Waals surface area contributed by atoms with Crippen LogP contribution < -0.4 is 5.73 Å². The van der Waals surface area contributed by atoms with Crippen molar-refractivity contribution < 1.29 is 13.2 Å². The van der Waals surface area contributed by atoms with Crippen molar-refractivity contribution in [3.8, 4) is 0 Å². The zero-order valence-electron chi connectivity index (χ0n) is 12.8. The molecule has 114 valence electrons. The van der Waals surface area contributed by atoms with E-state index in [0.29, 0.717) is 34.9 Å². The molecule has 20 heavy (non-hydrogen) atoms. The molecule has 0 aliphatic heterocycles. The molecule has 0 atom stereocenters. The van der Waals surface area contributed by atoms with Crippen LogP contribution in [-0.2, 0) is 14.8 Å². The van der Waals surface area contributed by atoms with E-state index >= 15 is 0 Å². The van der Waals surface area contributed by atoms with Crippen molar-refractivity contribution in [3.05, 3.63) is 23.3 Å². The van der Waals surface area contributed by atoms with Crippen LogP contribution in [0.4, 0.5) is 5.69 Å². The van der Waals surface area contributed by atoms with Crippen LogP contribution in [0.2, 0.25) is 0 Å². The van der Waals surface area contributed by atoms with E-state index in [0.717, 1.165) is 0 Å². The highest BCUT2D eigenvalue weighted by Crippen LogP contribution is 2.27. The molecule has 2 N–H and O–H groups in total. The predicted octanol–water partition coefficient (Wildman–Crippen LogP) is 1.93. The van der Waals surface area contributed by atoms with Gasteiger partial charge >= 0.3 is 0 Å². The van der Waals surface area contributed by atoms with Crippen molar-refractivity contribution in [2.45, 2.75) is 38.6 Å². The van der Waals surface area contributed by atoms with Gasteiger partial charge in [-0.2, -0.15) is 4.31 Å². The van der Waals surface area contributed by atoms with Gasteiger partial charge in [-0.15, -0.1) is 0 Å². The molecule has 0 saturated heterocycles. The molecule has 5 nitrogen and oxygen atoms in total. The summed E-state index contributed by atoms with van der Waals surface area (Å²) in [5, 5.41) is 0. The molecule has 6 heteroatoms. The number of hydrogen-bond acceptors (Lipinski definition) is 4. The number of aryl methyl sites for hydroxylation is 2. The maximum atomic E-state index is 12.9. The van der Waals surface area contributed by atoms with Gasteiger partial charge in [0.25, 0.3) is 0 Å². The molecule has 0 saturated carbocycles. The summed E-state index contributed by atoms with van der Waals surface area (Å²) >= 11 is 0. The minimum Gasteiger partial charge on any atom is -0.399 e. The van der Waals surface area contributed by atoms with Gasteiger partial charge < -0.3 is 10.5 Å². The third-order valence-corrected chi connectivity index (χ3v) is 5.52.